The van der Waals surface area contributed by atoms with E-state index in [1.807, 2.05) is 32.0 Å². The van der Waals surface area contributed by atoms with Crippen molar-refractivity contribution in [3.8, 4) is 17.2 Å². The van der Waals surface area contributed by atoms with Gasteiger partial charge in [-0.2, -0.15) is 0 Å². The second-order valence-corrected chi connectivity index (χ2v) is 7.76. The number of halogens is 1. The van der Waals surface area contributed by atoms with Gasteiger partial charge in [-0.15, -0.1) is 0 Å². The lowest BCUT2D eigenvalue weighted by Gasteiger charge is -2.18. The summed E-state index contributed by atoms with van der Waals surface area (Å²) >= 11 is 3.68. The second kappa shape index (κ2) is 9.91. The standard InChI is InChI=1S/C21H29BrO3/c1-5-16(22)10-8-9-13-24-19-14-20(23-4)21(25-15(2)3)18-12-7-6-11-17(18)19/h6-7,11-12,14-16H,5,8-10,13H2,1-4H3. The minimum atomic E-state index is 0.0832. The molecule has 0 amide bonds. The van der Waals surface area contributed by atoms with Gasteiger partial charge >= 0.3 is 0 Å². The molecule has 1 unspecified atom stereocenters. The van der Waals surface area contributed by atoms with E-state index in [1.54, 1.807) is 7.11 Å². The van der Waals surface area contributed by atoms with Gasteiger partial charge in [-0.05, 0) is 39.5 Å². The maximum Gasteiger partial charge on any atom is 0.169 e. The summed E-state index contributed by atoms with van der Waals surface area (Å²) in [6, 6.07) is 10.1. The summed E-state index contributed by atoms with van der Waals surface area (Å²) in [5, 5.41) is 2.09. The van der Waals surface area contributed by atoms with Crippen LogP contribution in [0.2, 0.25) is 0 Å². The highest BCUT2D eigenvalue weighted by Gasteiger charge is 2.16. The van der Waals surface area contributed by atoms with E-state index in [0.29, 0.717) is 17.2 Å². The molecule has 1 atom stereocenters. The molecule has 0 aliphatic carbocycles. The Hall–Kier alpha value is -1.42. The zero-order chi connectivity index (χ0) is 18.2. The molecular formula is C21H29BrO3. The van der Waals surface area contributed by atoms with E-state index in [0.717, 1.165) is 35.1 Å². The van der Waals surface area contributed by atoms with Gasteiger partial charge in [-0.25, -0.2) is 0 Å². The van der Waals surface area contributed by atoms with E-state index in [9.17, 15) is 0 Å². The van der Waals surface area contributed by atoms with Crippen molar-refractivity contribution in [1.29, 1.82) is 0 Å². The van der Waals surface area contributed by atoms with Crippen molar-refractivity contribution in [3.05, 3.63) is 30.3 Å². The third kappa shape index (κ3) is 5.53. The Kier molecular flexibility index (Phi) is 7.89. The highest BCUT2D eigenvalue weighted by Crippen LogP contribution is 2.42. The molecule has 2 aromatic carbocycles. The Morgan fingerprint density at radius 1 is 1.04 bits per heavy atom. The van der Waals surface area contributed by atoms with Gasteiger partial charge in [-0.3, -0.25) is 0 Å². The third-order valence-corrected chi connectivity index (χ3v) is 5.21. The van der Waals surface area contributed by atoms with Crippen LogP contribution >= 0.6 is 15.9 Å². The average molecular weight is 409 g/mol. The van der Waals surface area contributed by atoms with E-state index in [-0.39, 0.29) is 6.10 Å². The van der Waals surface area contributed by atoms with E-state index in [2.05, 4.69) is 35.0 Å². The van der Waals surface area contributed by atoms with Crippen LogP contribution in [0.1, 0.15) is 46.5 Å². The Balaban J connectivity index is 2.17. The molecule has 0 heterocycles. The molecule has 0 aliphatic rings. The van der Waals surface area contributed by atoms with Crippen molar-refractivity contribution in [3.63, 3.8) is 0 Å². The quantitative estimate of drug-likeness (QED) is 0.338. The van der Waals surface area contributed by atoms with Crippen LogP contribution < -0.4 is 14.2 Å². The number of methoxy groups -OCH3 is 1. The van der Waals surface area contributed by atoms with Gasteiger partial charge in [0.05, 0.1) is 19.8 Å². The molecule has 0 bridgehead atoms. The average Bonchev–Trinajstić information content (AvgIpc) is 2.62. The van der Waals surface area contributed by atoms with Crippen molar-refractivity contribution in [2.75, 3.05) is 13.7 Å². The van der Waals surface area contributed by atoms with Crippen LogP contribution in [0.25, 0.3) is 10.8 Å². The van der Waals surface area contributed by atoms with Crippen LogP contribution in [0.4, 0.5) is 0 Å². The van der Waals surface area contributed by atoms with E-state index >= 15 is 0 Å². The summed E-state index contributed by atoms with van der Waals surface area (Å²) in [5.74, 6) is 2.36. The summed E-state index contributed by atoms with van der Waals surface area (Å²) in [5.41, 5.74) is 0. The van der Waals surface area contributed by atoms with Crippen molar-refractivity contribution >= 4 is 26.7 Å². The summed E-state index contributed by atoms with van der Waals surface area (Å²) in [6.07, 6.45) is 4.64. The lowest BCUT2D eigenvalue weighted by atomic mass is 10.1. The largest absolute Gasteiger partial charge is 0.493 e. The fraction of sp³-hybridized carbons (Fsp3) is 0.524. The van der Waals surface area contributed by atoms with Crippen LogP contribution in [0.3, 0.4) is 0 Å². The second-order valence-electron chi connectivity index (χ2n) is 6.47. The number of hydrogen-bond donors (Lipinski definition) is 0. The maximum absolute atomic E-state index is 6.09. The molecular weight excluding hydrogens is 380 g/mol. The van der Waals surface area contributed by atoms with Crippen LogP contribution in [-0.4, -0.2) is 24.6 Å². The molecule has 3 nitrogen and oxygen atoms in total. The summed E-state index contributed by atoms with van der Waals surface area (Å²) in [6.45, 7) is 6.95. The molecule has 0 saturated heterocycles. The normalized spacial score (nSPS) is 12.4. The first-order valence-corrected chi connectivity index (χ1v) is 10.0. The summed E-state index contributed by atoms with van der Waals surface area (Å²) < 4.78 is 17.6. The van der Waals surface area contributed by atoms with Gasteiger partial charge in [0, 0.05) is 21.7 Å². The zero-order valence-electron chi connectivity index (χ0n) is 15.7. The molecule has 2 aromatic rings. The number of ether oxygens (including phenoxy) is 3. The molecule has 0 spiro atoms. The monoisotopic (exact) mass is 408 g/mol. The number of hydrogen-bond acceptors (Lipinski definition) is 3. The number of benzene rings is 2. The number of rotatable bonds is 10. The van der Waals surface area contributed by atoms with Gasteiger partial charge in [-0.1, -0.05) is 47.1 Å². The lowest BCUT2D eigenvalue weighted by molar-refractivity contribution is 0.232. The molecule has 0 radical (unpaired) electrons. The number of alkyl halides is 1. The van der Waals surface area contributed by atoms with E-state index in [4.69, 9.17) is 14.2 Å². The van der Waals surface area contributed by atoms with Crippen molar-refractivity contribution in [2.24, 2.45) is 0 Å². The Morgan fingerprint density at radius 3 is 2.40 bits per heavy atom. The smallest absolute Gasteiger partial charge is 0.169 e. The predicted molar refractivity (Wildman–Crippen MR) is 109 cm³/mol. The van der Waals surface area contributed by atoms with E-state index in [1.165, 1.54) is 12.8 Å². The van der Waals surface area contributed by atoms with Crippen molar-refractivity contribution in [2.45, 2.75) is 57.4 Å². The first-order chi connectivity index (χ1) is 12.1. The van der Waals surface area contributed by atoms with Crippen LogP contribution in [-0.2, 0) is 0 Å². The highest BCUT2D eigenvalue weighted by molar-refractivity contribution is 9.09. The SMILES string of the molecule is CCC(Br)CCCCOc1cc(OC)c(OC(C)C)c2ccccc12. The van der Waals surface area contributed by atoms with Crippen LogP contribution in [0.5, 0.6) is 17.2 Å². The summed E-state index contributed by atoms with van der Waals surface area (Å²) in [4.78, 5) is 0.612. The summed E-state index contributed by atoms with van der Waals surface area (Å²) in [7, 11) is 1.67. The molecule has 4 heteroatoms. The molecule has 0 aliphatic heterocycles. The lowest BCUT2D eigenvalue weighted by Crippen LogP contribution is -2.08. The Morgan fingerprint density at radius 2 is 1.76 bits per heavy atom. The number of unbranched alkanes of at least 4 members (excludes halogenated alkanes) is 1. The molecule has 2 rings (SSSR count). The fourth-order valence-corrected chi connectivity index (χ4v) is 3.10. The maximum atomic E-state index is 6.09. The third-order valence-electron chi connectivity index (χ3n) is 4.11. The topological polar surface area (TPSA) is 27.7 Å². The van der Waals surface area contributed by atoms with Gasteiger partial charge < -0.3 is 14.2 Å². The highest BCUT2D eigenvalue weighted by atomic mass is 79.9. The predicted octanol–water partition coefficient (Wildman–Crippen LogP) is 6.36. The molecule has 0 N–H and O–H groups in total. The van der Waals surface area contributed by atoms with Crippen molar-refractivity contribution in [1.82, 2.24) is 0 Å². The fourth-order valence-electron chi connectivity index (χ4n) is 2.77. The minimum Gasteiger partial charge on any atom is -0.493 e. The van der Waals surface area contributed by atoms with Crippen LogP contribution in [0.15, 0.2) is 30.3 Å². The first kappa shape index (κ1) is 19.9. The van der Waals surface area contributed by atoms with Gasteiger partial charge in [0.25, 0.3) is 0 Å². The zero-order valence-corrected chi connectivity index (χ0v) is 17.3. The minimum absolute atomic E-state index is 0.0832. The Bertz CT molecular complexity index is 669. The Labute approximate surface area is 159 Å². The molecule has 0 fully saturated rings. The van der Waals surface area contributed by atoms with Gasteiger partial charge in [0.2, 0.25) is 0 Å². The van der Waals surface area contributed by atoms with Gasteiger partial charge in [0.1, 0.15) is 5.75 Å². The number of fused-ring (bicyclic) bond motifs is 1. The molecule has 138 valence electrons. The molecule has 25 heavy (non-hydrogen) atoms. The molecule has 0 saturated carbocycles. The van der Waals surface area contributed by atoms with Crippen LogP contribution in [0, 0.1) is 0 Å². The molecule has 0 aromatic heterocycles. The van der Waals surface area contributed by atoms with E-state index < -0.39 is 0 Å². The van der Waals surface area contributed by atoms with Crippen molar-refractivity contribution < 1.29 is 14.2 Å². The first-order valence-electron chi connectivity index (χ1n) is 9.10. The van der Waals surface area contributed by atoms with Gasteiger partial charge in [0.15, 0.2) is 11.5 Å².